The maximum absolute atomic E-state index is 10.5. The van der Waals surface area contributed by atoms with E-state index >= 15 is 0 Å². The first-order chi connectivity index (χ1) is 6.27. The van der Waals surface area contributed by atoms with Crippen molar-refractivity contribution < 1.29 is 9.90 Å². The number of carboxylic acid groups (broad SMARTS) is 1. The van der Waals surface area contributed by atoms with Crippen molar-refractivity contribution >= 4 is 28.6 Å². The number of thiophene rings is 1. The van der Waals surface area contributed by atoms with Gasteiger partial charge in [-0.2, -0.15) is 0 Å². The van der Waals surface area contributed by atoms with Crippen molar-refractivity contribution in [3.05, 3.63) is 16.5 Å². The quantitative estimate of drug-likeness (QED) is 0.750. The summed E-state index contributed by atoms with van der Waals surface area (Å²) < 4.78 is 0. The van der Waals surface area contributed by atoms with Gasteiger partial charge in [-0.3, -0.25) is 9.79 Å². The van der Waals surface area contributed by atoms with Gasteiger partial charge in [0.25, 0.3) is 0 Å². The summed E-state index contributed by atoms with van der Waals surface area (Å²) in [7, 11) is 0. The third-order valence-corrected chi connectivity index (χ3v) is 2.86. The van der Waals surface area contributed by atoms with Crippen LogP contribution in [0.25, 0.3) is 0 Å². The molecule has 2 rings (SSSR count). The summed E-state index contributed by atoms with van der Waals surface area (Å²) in [6, 6.07) is 0. The van der Waals surface area contributed by atoms with Crippen LogP contribution in [-0.4, -0.2) is 17.4 Å². The lowest BCUT2D eigenvalue weighted by atomic mass is 10.1. The van der Waals surface area contributed by atoms with Crippen LogP contribution in [0.15, 0.2) is 10.4 Å². The molecule has 0 spiro atoms. The summed E-state index contributed by atoms with van der Waals surface area (Å²) >= 11 is 1.53. The summed E-state index contributed by atoms with van der Waals surface area (Å²) in [4.78, 5) is 14.5. The second-order valence-corrected chi connectivity index (χ2v) is 3.63. The topological polar surface area (TPSA) is 61.7 Å². The average Bonchev–Trinajstić information content (AvgIpc) is 2.48. The molecule has 1 aromatic rings. The zero-order chi connectivity index (χ0) is 9.26. The third kappa shape index (κ3) is 1.55. The van der Waals surface area contributed by atoms with Gasteiger partial charge in [0.2, 0.25) is 0 Å². The van der Waals surface area contributed by atoms with E-state index < -0.39 is 5.97 Å². The summed E-state index contributed by atoms with van der Waals surface area (Å²) in [5.74, 6) is -0.796. The number of carboxylic acids is 1. The Labute approximate surface area is 78.9 Å². The van der Waals surface area contributed by atoms with Gasteiger partial charge in [0.05, 0.1) is 24.3 Å². The lowest BCUT2D eigenvalue weighted by Gasteiger charge is -2.07. The van der Waals surface area contributed by atoms with Crippen molar-refractivity contribution in [3.8, 4) is 0 Å². The first-order valence-electron chi connectivity index (χ1n) is 3.83. The van der Waals surface area contributed by atoms with Crippen LogP contribution in [0.2, 0.25) is 0 Å². The zero-order valence-electron chi connectivity index (χ0n) is 6.78. The minimum Gasteiger partial charge on any atom is -0.481 e. The number of carbonyl (C=O) groups is 1. The van der Waals surface area contributed by atoms with E-state index in [4.69, 9.17) is 5.11 Å². The largest absolute Gasteiger partial charge is 0.481 e. The first kappa shape index (κ1) is 8.25. The number of hydrogen-bond donors (Lipinski definition) is 2. The number of aliphatic carboxylic acids is 1. The molecule has 0 amide bonds. The highest BCUT2D eigenvalue weighted by Gasteiger charge is 2.14. The molecule has 0 saturated heterocycles. The molecule has 68 valence electrons. The maximum atomic E-state index is 10.5. The van der Waals surface area contributed by atoms with E-state index in [2.05, 4.69) is 10.3 Å². The van der Waals surface area contributed by atoms with Gasteiger partial charge in [0.1, 0.15) is 0 Å². The molecule has 2 N–H and O–H groups in total. The molecular formula is C8H8N2O2S. The Morgan fingerprint density at radius 3 is 3.38 bits per heavy atom. The predicted molar refractivity (Wildman–Crippen MR) is 51.5 cm³/mol. The second-order valence-electron chi connectivity index (χ2n) is 2.75. The molecule has 1 aromatic heterocycles. The monoisotopic (exact) mass is 196 g/mol. The third-order valence-electron chi connectivity index (χ3n) is 1.86. The highest BCUT2D eigenvalue weighted by atomic mass is 32.1. The number of anilines is 1. The van der Waals surface area contributed by atoms with Crippen LogP contribution in [0.5, 0.6) is 0 Å². The Bertz CT molecular complexity index is 370. The molecule has 0 fully saturated rings. The van der Waals surface area contributed by atoms with Crippen LogP contribution in [0.1, 0.15) is 11.1 Å². The van der Waals surface area contributed by atoms with Crippen LogP contribution in [0, 0.1) is 0 Å². The summed E-state index contributed by atoms with van der Waals surface area (Å²) in [6.07, 6.45) is 1.73. The van der Waals surface area contributed by atoms with Crippen LogP contribution < -0.4 is 5.32 Å². The fourth-order valence-electron chi connectivity index (χ4n) is 1.27. The van der Waals surface area contributed by atoms with Crippen LogP contribution in [-0.2, 0) is 17.8 Å². The van der Waals surface area contributed by atoms with E-state index in [-0.39, 0.29) is 6.42 Å². The molecule has 0 atom stereocenters. The van der Waals surface area contributed by atoms with Gasteiger partial charge in [-0.1, -0.05) is 0 Å². The molecule has 2 heterocycles. The van der Waals surface area contributed by atoms with E-state index in [1.54, 1.807) is 6.34 Å². The molecule has 0 aromatic carbocycles. The lowest BCUT2D eigenvalue weighted by Crippen LogP contribution is -2.06. The van der Waals surface area contributed by atoms with Gasteiger partial charge in [-0.25, -0.2) is 0 Å². The fraction of sp³-hybridized carbons (Fsp3) is 0.250. The number of nitrogens with zero attached hydrogens (tertiary/aromatic N) is 1. The van der Waals surface area contributed by atoms with E-state index in [1.165, 1.54) is 11.3 Å². The highest BCUT2D eigenvalue weighted by molar-refractivity contribution is 7.14. The number of hydrogen-bond acceptors (Lipinski definition) is 4. The average molecular weight is 196 g/mol. The molecule has 5 heteroatoms. The minimum absolute atomic E-state index is 0.0863. The van der Waals surface area contributed by atoms with Gasteiger partial charge in [0, 0.05) is 5.56 Å². The Hall–Kier alpha value is -1.36. The molecule has 4 nitrogen and oxygen atoms in total. The Kier molecular flexibility index (Phi) is 2.02. The van der Waals surface area contributed by atoms with Crippen molar-refractivity contribution in [2.75, 3.05) is 5.32 Å². The Balaban J connectivity index is 2.29. The molecule has 0 radical (unpaired) electrons. The lowest BCUT2D eigenvalue weighted by molar-refractivity contribution is -0.136. The minimum atomic E-state index is -0.796. The normalized spacial score (nSPS) is 13.5. The zero-order valence-corrected chi connectivity index (χ0v) is 7.60. The number of nitrogens with one attached hydrogen (secondary N) is 1. The highest BCUT2D eigenvalue weighted by Crippen LogP contribution is 2.30. The van der Waals surface area contributed by atoms with Crippen molar-refractivity contribution in [1.29, 1.82) is 0 Å². The molecule has 0 unspecified atom stereocenters. The maximum Gasteiger partial charge on any atom is 0.307 e. The first-order valence-corrected chi connectivity index (χ1v) is 4.71. The van der Waals surface area contributed by atoms with E-state index in [0.717, 1.165) is 16.1 Å². The van der Waals surface area contributed by atoms with Gasteiger partial charge >= 0.3 is 5.97 Å². The van der Waals surface area contributed by atoms with E-state index in [0.29, 0.717) is 6.54 Å². The van der Waals surface area contributed by atoms with Crippen LogP contribution in [0.4, 0.5) is 5.00 Å². The molecule has 1 aliphatic heterocycles. The number of fused-ring (bicyclic) bond motifs is 1. The van der Waals surface area contributed by atoms with Gasteiger partial charge in [-0.05, 0) is 10.9 Å². The van der Waals surface area contributed by atoms with Gasteiger partial charge < -0.3 is 10.4 Å². The smallest absolute Gasteiger partial charge is 0.307 e. The summed E-state index contributed by atoms with van der Waals surface area (Å²) in [5, 5.41) is 14.5. The molecule has 1 aliphatic rings. The van der Waals surface area contributed by atoms with E-state index in [1.807, 2.05) is 5.38 Å². The van der Waals surface area contributed by atoms with Crippen molar-refractivity contribution in [1.82, 2.24) is 0 Å². The molecule has 0 aliphatic carbocycles. The molecule has 0 saturated carbocycles. The molecular weight excluding hydrogens is 188 g/mol. The van der Waals surface area contributed by atoms with Crippen molar-refractivity contribution in [3.63, 3.8) is 0 Å². The predicted octanol–water partition coefficient (Wildman–Crippen LogP) is 1.33. The van der Waals surface area contributed by atoms with Gasteiger partial charge in [0.15, 0.2) is 0 Å². The standard InChI is InChI=1S/C8H8N2O2S/c11-7(12)1-5-3-13-8-6(5)2-9-4-10-8/h3-4H,1-2H2,(H,9,10)(H,11,12). The van der Waals surface area contributed by atoms with Gasteiger partial charge in [-0.15, -0.1) is 11.3 Å². The Morgan fingerprint density at radius 1 is 1.77 bits per heavy atom. The number of rotatable bonds is 2. The second kappa shape index (κ2) is 3.18. The van der Waals surface area contributed by atoms with E-state index in [9.17, 15) is 4.79 Å². The van der Waals surface area contributed by atoms with Crippen molar-refractivity contribution in [2.24, 2.45) is 4.99 Å². The summed E-state index contributed by atoms with van der Waals surface area (Å²) in [5.41, 5.74) is 1.90. The van der Waals surface area contributed by atoms with Crippen LogP contribution in [0.3, 0.4) is 0 Å². The molecule has 0 bridgehead atoms. The molecule has 13 heavy (non-hydrogen) atoms. The fourth-order valence-corrected chi connectivity index (χ4v) is 2.21. The Morgan fingerprint density at radius 2 is 2.62 bits per heavy atom. The SMILES string of the molecule is O=C(O)Cc1csc2c1CN=CN2. The summed E-state index contributed by atoms with van der Waals surface area (Å²) in [6.45, 7) is 0.592. The van der Waals surface area contributed by atoms with Crippen LogP contribution >= 0.6 is 11.3 Å². The van der Waals surface area contributed by atoms with Crippen molar-refractivity contribution in [2.45, 2.75) is 13.0 Å². The number of aliphatic imine (C=N–C) groups is 1.